The average molecular weight is 458 g/mol. The van der Waals surface area contributed by atoms with Crippen molar-refractivity contribution >= 4 is 46.4 Å². The second-order valence-electron chi connectivity index (χ2n) is 8.63. The minimum absolute atomic E-state index is 0.176. The van der Waals surface area contributed by atoms with Crippen molar-refractivity contribution in [2.75, 3.05) is 22.5 Å². The molecular formula is C23H25Cl2N5O. The molecule has 3 N–H and O–H groups in total. The van der Waals surface area contributed by atoms with Gasteiger partial charge in [0, 0.05) is 23.7 Å². The van der Waals surface area contributed by atoms with Gasteiger partial charge in [0.15, 0.2) is 0 Å². The fourth-order valence-corrected chi connectivity index (χ4v) is 3.84. The van der Waals surface area contributed by atoms with Crippen LogP contribution in [0.4, 0.5) is 22.0 Å². The van der Waals surface area contributed by atoms with Gasteiger partial charge in [-0.25, -0.2) is 9.48 Å². The van der Waals surface area contributed by atoms with E-state index in [-0.39, 0.29) is 5.41 Å². The number of urea groups is 1. The molecule has 162 valence electrons. The molecule has 0 atom stereocenters. The van der Waals surface area contributed by atoms with Crippen molar-refractivity contribution in [2.45, 2.75) is 39.0 Å². The minimum atomic E-state index is -0.426. The summed E-state index contributed by atoms with van der Waals surface area (Å²) in [5, 5.41) is 14.6. The molecule has 1 aliphatic heterocycles. The quantitative estimate of drug-likeness (QED) is 0.421. The Morgan fingerprint density at radius 1 is 1.13 bits per heavy atom. The van der Waals surface area contributed by atoms with E-state index in [2.05, 4.69) is 48.9 Å². The minimum Gasteiger partial charge on any atom is -0.385 e. The van der Waals surface area contributed by atoms with Crippen LogP contribution in [0.5, 0.6) is 0 Å². The van der Waals surface area contributed by atoms with Crippen LogP contribution in [-0.4, -0.2) is 22.4 Å². The van der Waals surface area contributed by atoms with E-state index < -0.39 is 6.03 Å². The van der Waals surface area contributed by atoms with Gasteiger partial charge in [-0.15, -0.1) is 0 Å². The molecule has 2 amide bonds. The van der Waals surface area contributed by atoms with Gasteiger partial charge in [-0.2, -0.15) is 5.10 Å². The molecule has 0 radical (unpaired) electrons. The number of amides is 2. The van der Waals surface area contributed by atoms with E-state index in [1.807, 2.05) is 12.1 Å². The molecule has 4 rings (SSSR count). The second-order valence-corrected chi connectivity index (χ2v) is 9.41. The standard InChI is InChI=1S/C23H25Cl2N5O/c1-23(2,3)19-13-20(28-22(31)27-18-8-4-7-16(24)21(18)25)30(29-19)15-9-10-17-14(12-15)6-5-11-26-17/h4,7-10,12-13,26H,5-6,11H2,1-3H3,(H2,27,28,31). The Kier molecular flexibility index (Phi) is 5.86. The number of halogens is 2. The zero-order chi connectivity index (χ0) is 22.2. The van der Waals surface area contributed by atoms with Gasteiger partial charge in [0.1, 0.15) is 5.82 Å². The summed E-state index contributed by atoms with van der Waals surface area (Å²) in [4.78, 5) is 12.7. The summed E-state index contributed by atoms with van der Waals surface area (Å²) in [5.41, 5.74) is 4.44. The van der Waals surface area contributed by atoms with Crippen LogP contribution in [-0.2, 0) is 11.8 Å². The van der Waals surface area contributed by atoms with Crippen LogP contribution in [0.1, 0.15) is 38.4 Å². The van der Waals surface area contributed by atoms with Crippen molar-refractivity contribution in [3.05, 3.63) is 63.8 Å². The van der Waals surface area contributed by atoms with E-state index in [9.17, 15) is 4.79 Å². The molecule has 0 saturated heterocycles. The highest BCUT2D eigenvalue weighted by molar-refractivity contribution is 6.44. The highest BCUT2D eigenvalue weighted by Gasteiger charge is 2.22. The van der Waals surface area contributed by atoms with Crippen molar-refractivity contribution in [3.63, 3.8) is 0 Å². The Morgan fingerprint density at radius 3 is 2.71 bits per heavy atom. The Labute approximate surface area is 191 Å². The zero-order valence-corrected chi connectivity index (χ0v) is 19.2. The van der Waals surface area contributed by atoms with Crippen molar-refractivity contribution in [3.8, 4) is 5.69 Å². The van der Waals surface area contributed by atoms with E-state index in [1.54, 1.807) is 22.9 Å². The number of rotatable bonds is 3. The number of hydrogen-bond donors (Lipinski definition) is 3. The molecule has 2 aromatic carbocycles. The van der Waals surface area contributed by atoms with Crippen LogP contribution in [0.2, 0.25) is 10.0 Å². The summed E-state index contributed by atoms with van der Waals surface area (Å²) in [6.07, 6.45) is 2.11. The van der Waals surface area contributed by atoms with Crippen LogP contribution < -0.4 is 16.0 Å². The number of benzene rings is 2. The molecule has 0 fully saturated rings. The Bertz CT molecular complexity index is 1130. The molecule has 2 heterocycles. The Hall–Kier alpha value is -2.70. The molecule has 1 aromatic heterocycles. The summed E-state index contributed by atoms with van der Waals surface area (Å²) in [7, 11) is 0. The van der Waals surface area contributed by atoms with Gasteiger partial charge in [-0.05, 0) is 48.7 Å². The fraction of sp³-hybridized carbons (Fsp3) is 0.304. The summed E-state index contributed by atoms with van der Waals surface area (Å²) >= 11 is 12.3. The predicted octanol–water partition coefficient (Wildman–Crippen LogP) is 6.48. The molecule has 0 aliphatic carbocycles. The number of fused-ring (bicyclic) bond motifs is 1. The average Bonchev–Trinajstić information content (AvgIpc) is 3.15. The normalized spacial score (nSPS) is 13.3. The number of carbonyl (C=O) groups excluding carboxylic acids is 1. The lowest BCUT2D eigenvalue weighted by molar-refractivity contribution is 0.262. The topological polar surface area (TPSA) is 71.0 Å². The van der Waals surface area contributed by atoms with Gasteiger partial charge in [-0.1, -0.05) is 50.0 Å². The highest BCUT2D eigenvalue weighted by Crippen LogP contribution is 2.31. The first-order chi connectivity index (χ1) is 14.7. The van der Waals surface area contributed by atoms with Crippen LogP contribution in [0, 0.1) is 0 Å². The zero-order valence-electron chi connectivity index (χ0n) is 17.7. The van der Waals surface area contributed by atoms with Crippen LogP contribution in [0.25, 0.3) is 5.69 Å². The van der Waals surface area contributed by atoms with Gasteiger partial charge in [-0.3, -0.25) is 5.32 Å². The maximum atomic E-state index is 12.7. The van der Waals surface area contributed by atoms with E-state index >= 15 is 0 Å². The van der Waals surface area contributed by atoms with Gasteiger partial charge >= 0.3 is 6.03 Å². The molecule has 0 spiro atoms. The van der Waals surface area contributed by atoms with Crippen molar-refractivity contribution < 1.29 is 4.79 Å². The number of nitrogens with one attached hydrogen (secondary N) is 3. The summed E-state index contributed by atoms with van der Waals surface area (Å²) in [5.74, 6) is 0.573. The molecule has 31 heavy (non-hydrogen) atoms. The largest absolute Gasteiger partial charge is 0.385 e. The van der Waals surface area contributed by atoms with E-state index in [0.717, 1.165) is 36.5 Å². The number of aromatic nitrogens is 2. The van der Waals surface area contributed by atoms with Gasteiger partial charge in [0.25, 0.3) is 0 Å². The van der Waals surface area contributed by atoms with E-state index in [1.165, 1.54) is 5.56 Å². The molecule has 3 aromatic rings. The van der Waals surface area contributed by atoms with E-state index in [4.69, 9.17) is 28.3 Å². The third-order valence-corrected chi connectivity index (χ3v) is 6.01. The predicted molar refractivity (Wildman–Crippen MR) is 128 cm³/mol. The lowest BCUT2D eigenvalue weighted by atomic mass is 9.92. The molecule has 1 aliphatic rings. The molecule has 0 bridgehead atoms. The second kappa shape index (κ2) is 8.44. The molecular weight excluding hydrogens is 433 g/mol. The monoisotopic (exact) mass is 457 g/mol. The number of carbonyl (C=O) groups is 1. The van der Waals surface area contributed by atoms with E-state index in [0.29, 0.717) is 21.6 Å². The fourth-order valence-electron chi connectivity index (χ4n) is 3.50. The number of nitrogens with zero attached hydrogens (tertiary/aromatic N) is 2. The van der Waals surface area contributed by atoms with Gasteiger partial charge < -0.3 is 10.6 Å². The van der Waals surface area contributed by atoms with Crippen molar-refractivity contribution in [1.82, 2.24) is 9.78 Å². The molecule has 0 saturated carbocycles. The third kappa shape index (κ3) is 4.65. The van der Waals surface area contributed by atoms with Crippen LogP contribution in [0.15, 0.2) is 42.5 Å². The Morgan fingerprint density at radius 2 is 1.94 bits per heavy atom. The van der Waals surface area contributed by atoms with Crippen LogP contribution >= 0.6 is 23.2 Å². The maximum Gasteiger partial charge on any atom is 0.324 e. The summed E-state index contributed by atoms with van der Waals surface area (Å²) in [6.45, 7) is 7.26. The van der Waals surface area contributed by atoms with Crippen molar-refractivity contribution in [2.24, 2.45) is 0 Å². The SMILES string of the molecule is CC(C)(C)c1cc(NC(=O)Nc2cccc(Cl)c2Cl)n(-c2ccc3c(c2)CCCN3)n1. The van der Waals surface area contributed by atoms with Crippen LogP contribution in [0.3, 0.4) is 0 Å². The summed E-state index contributed by atoms with van der Waals surface area (Å²) < 4.78 is 1.77. The van der Waals surface area contributed by atoms with Crippen molar-refractivity contribution in [1.29, 1.82) is 0 Å². The first-order valence-corrected chi connectivity index (χ1v) is 11.0. The lowest BCUT2D eigenvalue weighted by Crippen LogP contribution is -2.21. The summed E-state index contributed by atoms with van der Waals surface area (Å²) in [6, 6.07) is 12.8. The number of hydrogen-bond acceptors (Lipinski definition) is 3. The van der Waals surface area contributed by atoms with Gasteiger partial charge in [0.05, 0.1) is 27.1 Å². The lowest BCUT2D eigenvalue weighted by Gasteiger charge is -2.19. The first kappa shape index (κ1) is 21.5. The first-order valence-electron chi connectivity index (χ1n) is 10.2. The maximum absolute atomic E-state index is 12.7. The highest BCUT2D eigenvalue weighted by atomic mass is 35.5. The number of anilines is 3. The number of aryl methyl sites for hydroxylation is 1. The Balaban J connectivity index is 1.66. The smallest absolute Gasteiger partial charge is 0.324 e. The molecule has 8 heteroatoms. The third-order valence-electron chi connectivity index (χ3n) is 5.19. The molecule has 0 unspecified atom stereocenters. The molecule has 6 nitrogen and oxygen atoms in total. The van der Waals surface area contributed by atoms with Gasteiger partial charge in [0.2, 0.25) is 0 Å².